The number of nitrogen functional groups attached to an aromatic ring is 1. The van der Waals surface area contributed by atoms with Gasteiger partial charge in [0.05, 0.1) is 0 Å². The summed E-state index contributed by atoms with van der Waals surface area (Å²) in [5.74, 6) is 7.83. The topological polar surface area (TPSA) is 67.1 Å². The molecule has 0 saturated heterocycles. The molecule has 0 aliphatic heterocycles. The van der Waals surface area contributed by atoms with Crippen molar-refractivity contribution in [1.82, 2.24) is 9.97 Å². The first-order chi connectivity index (χ1) is 8.29. The molecule has 0 amide bonds. The molecule has 102 valence electrons. The minimum Gasteiger partial charge on any atom is -0.357 e. The third-order valence-electron chi connectivity index (χ3n) is 3.14. The molecule has 5 nitrogen and oxygen atoms in total. The van der Waals surface area contributed by atoms with Crippen LogP contribution in [-0.2, 0) is 5.41 Å². The molecule has 0 aliphatic carbocycles. The summed E-state index contributed by atoms with van der Waals surface area (Å²) in [6, 6.07) is 2.31. The lowest BCUT2D eigenvalue weighted by atomic mass is 9.96. The predicted molar refractivity (Wildman–Crippen MR) is 76.7 cm³/mol. The first kappa shape index (κ1) is 14.7. The molecule has 0 aliphatic rings. The van der Waals surface area contributed by atoms with Crippen molar-refractivity contribution in [3.63, 3.8) is 0 Å². The Morgan fingerprint density at radius 2 is 2.00 bits per heavy atom. The largest absolute Gasteiger partial charge is 0.357 e. The molecular formula is C13H25N5. The molecule has 5 heteroatoms. The van der Waals surface area contributed by atoms with Gasteiger partial charge in [-0.3, -0.25) is 0 Å². The van der Waals surface area contributed by atoms with E-state index in [4.69, 9.17) is 5.84 Å². The zero-order valence-electron chi connectivity index (χ0n) is 12.3. The molecule has 1 heterocycles. The van der Waals surface area contributed by atoms with Gasteiger partial charge in [0.15, 0.2) is 0 Å². The van der Waals surface area contributed by atoms with E-state index in [1.165, 1.54) is 0 Å². The smallest absolute Gasteiger partial charge is 0.145 e. The highest BCUT2D eigenvalue weighted by molar-refractivity contribution is 5.49. The number of nitrogens with two attached hydrogens (primary N) is 1. The predicted octanol–water partition coefficient (Wildman–Crippen LogP) is 2.29. The number of nitrogens with zero attached hydrogens (tertiary/aromatic N) is 3. The van der Waals surface area contributed by atoms with Crippen molar-refractivity contribution in [1.29, 1.82) is 0 Å². The molecule has 0 aromatic carbocycles. The maximum Gasteiger partial charge on any atom is 0.145 e. The van der Waals surface area contributed by atoms with E-state index >= 15 is 0 Å². The maximum atomic E-state index is 5.48. The second-order valence-electron chi connectivity index (χ2n) is 5.70. The van der Waals surface area contributed by atoms with Gasteiger partial charge in [-0.2, -0.15) is 0 Å². The Hall–Kier alpha value is -1.36. The van der Waals surface area contributed by atoms with E-state index in [0.717, 1.165) is 18.1 Å². The molecule has 0 bridgehead atoms. The van der Waals surface area contributed by atoms with Crippen LogP contribution in [0.1, 0.15) is 46.9 Å². The van der Waals surface area contributed by atoms with E-state index in [2.05, 4.69) is 54.9 Å². The fourth-order valence-electron chi connectivity index (χ4n) is 1.52. The summed E-state index contributed by atoms with van der Waals surface area (Å²) in [5.41, 5.74) is 2.51. The van der Waals surface area contributed by atoms with E-state index in [9.17, 15) is 0 Å². The van der Waals surface area contributed by atoms with E-state index < -0.39 is 0 Å². The summed E-state index contributed by atoms with van der Waals surface area (Å²) in [5, 5.41) is 0. The molecule has 1 aromatic rings. The van der Waals surface area contributed by atoms with Crippen molar-refractivity contribution >= 4 is 11.6 Å². The minimum absolute atomic E-state index is 0.0993. The third-order valence-corrected chi connectivity index (χ3v) is 3.14. The zero-order valence-corrected chi connectivity index (χ0v) is 12.3. The van der Waals surface area contributed by atoms with Gasteiger partial charge >= 0.3 is 0 Å². The number of anilines is 2. The average molecular weight is 251 g/mol. The average Bonchev–Trinajstić information content (AvgIpc) is 2.35. The monoisotopic (exact) mass is 251 g/mol. The van der Waals surface area contributed by atoms with Crippen LogP contribution in [0.15, 0.2) is 6.07 Å². The Labute approximate surface area is 110 Å². The standard InChI is InChI=1S/C13H25N5/c1-7-9(2)18(6)11-8-10(17-14)15-12(16-11)13(3,4)5/h8-9H,7,14H2,1-6H3,(H,15,16,17). The highest BCUT2D eigenvalue weighted by Crippen LogP contribution is 2.24. The Balaban J connectivity index is 3.20. The fraction of sp³-hybridized carbons (Fsp3) is 0.692. The molecule has 18 heavy (non-hydrogen) atoms. The summed E-state index contributed by atoms with van der Waals surface area (Å²) in [6.45, 7) is 10.6. The van der Waals surface area contributed by atoms with Gasteiger partial charge in [-0.25, -0.2) is 15.8 Å². The SMILES string of the molecule is CCC(C)N(C)c1cc(NN)nc(C(C)(C)C)n1. The number of hydrogen-bond acceptors (Lipinski definition) is 5. The van der Waals surface area contributed by atoms with Crippen molar-refractivity contribution in [2.75, 3.05) is 17.4 Å². The van der Waals surface area contributed by atoms with Crippen LogP contribution in [0.3, 0.4) is 0 Å². The summed E-state index contributed by atoms with van der Waals surface area (Å²) in [7, 11) is 2.04. The number of rotatable bonds is 4. The van der Waals surface area contributed by atoms with Crippen LogP contribution >= 0.6 is 0 Å². The maximum absolute atomic E-state index is 5.48. The molecule has 1 rings (SSSR count). The molecule has 0 fully saturated rings. The van der Waals surface area contributed by atoms with Gasteiger partial charge in [0, 0.05) is 24.6 Å². The third kappa shape index (κ3) is 3.32. The fourth-order valence-corrected chi connectivity index (χ4v) is 1.52. The molecule has 0 spiro atoms. The summed E-state index contributed by atoms with van der Waals surface area (Å²) < 4.78 is 0. The van der Waals surface area contributed by atoms with Crippen molar-refractivity contribution in [2.45, 2.75) is 52.5 Å². The van der Waals surface area contributed by atoms with Gasteiger partial charge in [0.2, 0.25) is 0 Å². The lowest BCUT2D eigenvalue weighted by molar-refractivity contribution is 0.542. The van der Waals surface area contributed by atoms with Crippen LogP contribution in [0.25, 0.3) is 0 Å². The van der Waals surface area contributed by atoms with E-state index in [1.807, 2.05) is 13.1 Å². The van der Waals surface area contributed by atoms with E-state index in [1.54, 1.807) is 0 Å². The lowest BCUT2D eigenvalue weighted by Gasteiger charge is -2.27. The zero-order chi connectivity index (χ0) is 13.9. The Kier molecular flexibility index (Phi) is 4.51. The number of hydrazine groups is 1. The van der Waals surface area contributed by atoms with Crippen molar-refractivity contribution in [3.8, 4) is 0 Å². The number of nitrogens with one attached hydrogen (secondary N) is 1. The second-order valence-corrected chi connectivity index (χ2v) is 5.70. The van der Waals surface area contributed by atoms with Gasteiger partial charge in [-0.1, -0.05) is 27.7 Å². The van der Waals surface area contributed by atoms with Crippen molar-refractivity contribution in [3.05, 3.63) is 11.9 Å². The van der Waals surface area contributed by atoms with Gasteiger partial charge < -0.3 is 10.3 Å². The molecule has 1 aromatic heterocycles. The van der Waals surface area contributed by atoms with Gasteiger partial charge in [0.1, 0.15) is 17.5 Å². The van der Waals surface area contributed by atoms with Crippen LogP contribution in [-0.4, -0.2) is 23.1 Å². The molecule has 1 unspecified atom stereocenters. The first-order valence-corrected chi connectivity index (χ1v) is 6.38. The van der Waals surface area contributed by atoms with Gasteiger partial charge in [-0.05, 0) is 13.3 Å². The molecule has 1 atom stereocenters. The van der Waals surface area contributed by atoms with Crippen LogP contribution in [0.4, 0.5) is 11.6 Å². The van der Waals surface area contributed by atoms with Gasteiger partial charge in [-0.15, -0.1) is 0 Å². The van der Waals surface area contributed by atoms with Crippen molar-refractivity contribution < 1.29 is 0 Å². The Bertz CT molecular complexity index is 397. The van der Waals surface area contributed by atoms with E-state index in [0.29, 0.717) is 11.9 Å². The first-order valence-electron chi connectivity index (χ1n) is 6.38. The van der Waals surface area contributed by atoms with Gasteiger partial charge in [0.25, 0.3) is 0 Å². The number of aromatic nitrogens is 2. The Morgan fingerprint density at radius 1 is 1.39 bits per heavy atom. The molecule has 0 radical (unpaired) electrons. The van der Waals surface area contributed by atoms with Crippen LogP contribution < -0.4 is 16.2 Å². The normalized spacial score (nSPS) is 13.3. The lowest BCUT2D eigenvalue weighted by Crippen LogP contribution is -2.30. The molecular weight excluding hydrogens is 226 g/mol. The summed E-state index contributed by atoms with van der Waals surface area (Å²) in [4.78, 5) is 11.2. The second kappa shape index (κ2) is 5.52. The van der Waals surface area contributed by atoms with Crippen LogP contribution in [0.2, 0.25) is 0 Å². The highest BCUT2D eigenvalue weighted by atomic mass is 15.3. The summed E-state index contributed by atoms with van der Waals surface area (Å²) in [6.07, 6.45) is 1.07. The van der Waals surface area contributed by atoms with E-state index in [-0.39, 0.29) is 5.41 Å². The highest BCUT2D eigenvalue weighted by Gasteiger charge is 2.20. The summed E-state index contributed by atoms with van der Waals surface area (Å²) >= 11 is 0. The minimum atomic E-state index is -0.0993. The quantitative estimate of drug-likeness (QED) is 0.635. The number of hydrogen-bond donors (Lipinski definition) is 2. The van der Waals surface area contributed by atoms with Crippen LogP contribution in [0, 0.1) is 0 Å². The molecule has 0 saturated carbocycles. The Morgan fingerprint density at radius 3 is 2.44 bits per heavy atom. The van der Waals surface area contributed by atoms with Crippen molar-refractivity contribution in [2.24, 2.45) is 5.84 Å². The van der Waals surface area contributed by atoms with Crippen LogP contribution in [0.5, 0.6) is 0 Å². The molecule has 3 N–H and O–H groups in total.